The van der Waals surface area contributed by atoms with Gasteiger partial charge in [-0.15, -0.1) is 0 Å². The van der Waals surface area contributed by atoms with E-state index in [0.717, 1.165) is 102 Å². The molecular weight excluding hydrogens is 919 g/mol. The number of ether oxygens (including phenoxy) is 3. The largest absolute Gasteiger partial charge is 0.444 e. The van der Waals surface area contributed by atoms with E-state index in [1.54, 1.807) is 30.6 Å². The molecule has 0 spiro atoms. The summed E-state index contributed by atoms with van der Waals surface area (Å²) in [5.41, 5.74) is 7.04. The van der Waals surface area contributed by atoms with Crippen LogP contribution in [0.1, 0.15) is 144 Å². The molecule has 21 heteroatoms. The monoisotopic (exact) mass is 994 g/mol. The maximum Gasteiger partial charge on any atom is 0.410 e. The van der Waals surface area contributed by atoms with Crippen molar-refractivity contribution in [2.24, 2.45) is 5.92 Å². The lowest BCUT2D eigenvalue weighted by Gasteiger charge is -2.32. The van der Waals surface area contributed by atoms with E-state index in [2.05, 4.69) is 31.3 Å². The summed E-state index contributed by atoms with van der Waals surface area (Å²) in [7, 11) is 0. The second-order valence-corrected chi connectivity index (χ2v) is 21.1. The van der Waals surface area contributed by atoms with Crippen molar-refractivity contribution in [2.45, 2.75) is 172 Å². The highest BCUT2D eigenvalue weighted by Crippen LogP contribution is 2.25. The molecule has 9 rings (SSSR count). The number of piperidine rings is 1. The minimum absolute atomic E-state index is 0.0858. The van der Waals surface area contributed by atoms with Crippen LogP contribution in [0.2, 0.25) is 0 Å². The summed E-state index contributed by atoms with van der Waals surface area (Å²) in [6.07, 6.45) is 2.64. The number of aryl methyl sites for hydroxylation is 4. The van der Waals surface area contributed by atoms with Crippen LogP contribution in [0.5, 0.6) is 0 Å². The first-order chi connectivity index (χ1) is 33.2. The minimum Gasteiger partial charge on any atom is -0.444 e. The van der Waals surface area contributed by atoms with E-state index < -0.39 is 28.8 Å². The molecular formula is C50H75N9O12. The number of Topliss-reactive ketones (excluding diaryl/α,β-unsaturated/α-hetero) is 2. The molecule has 5 aliphatic rings. The van der Waals surface area contributed by atoms with Crippen LogP contribution in [-0.2, 0) is 75.7 Å². The van der Waals surface area contributed by atoms with Gasteiger partial charge in [-0.1, -0.05) is 20.6 Å². The van der Waals surface area contributed by atoms with Crippen LogP contribution in [0.4, 0.5) is 14.4 Å². The number of carbonyl (C=O) groups excluding carboxylic acids is 5. The van der Waals surface area contributed by atoms with Crippen molar-refractivity contribution < 1.29 is 56.3 Å². The van der Waals surface area contributed by atoms with E-state index in [9.17, 15) is 24.0 Å². The Labute approximate surface area is 416 Å². The number of nitrogens with zero attached hydrogens (tertiary/aromatic N) is 7. The van der Waals surface area contributed by atoms with Gasteiger partial charge in [-0.25, -0.2) is 14.4 Å². The van der Waals surface area contributed by atoms with Gasteiger partial charge < -0.3 is 57.6 Å². The molecule has 0 bridgehead atoms. The molecule has 1 atom stereocenters. The van der Waals surface area contributed by atoms with Crippen LogP contribution in [-0.4, -0.2) is 121 Å². The van der Waals surface area contributed by atoms with Gasteiger partial charge in [0.2, 0.25) is 0 Å². The summed E-state index contributed by atoms with van der Waals surface area (Å²) in [5.74, 6) is 2.74. The highest BCUT2D eigenvalue weighted by Gasteiger charge is 2.35. The fourth-order valence-electron chi connectivity index (χ4n) is 7.89. The van der Waals surface area contributed by atoms with Gasteiger partial charge >= 0.3 is 18.3 Å². The molecule has 5 aliphatic heterocycles. The van der Waals surface area contributed by atoms with Crippen molar-refractivity contribution >= 4 is 29.8 Å². The molecule has 0 radical (unpaired) electrons. The van der Waals surface area contributed by atoms with E-state index >= 15 is 0 Å². The number of carbonyl (C=O) groups is 5. The molecule has 1 unspecified atom stereocenters. The van der Waals surface area contributed by atoms with Gasteiger partial charge in [0.15, 0.2) is 0 Å². The van der Waals surface area contributed by atoms with Gasteiger partial charge in [0, 0.05) is 107 Å². The van der Waals surface area contributed by atoms with Gasteiger partial charge in [-0.2, -0.15) is 0 Å². The Morgan fingerprint density at radius 1 is 0.535 bits per heavy atom. The van der Waals surface area contributed by atoms with Crippen molar-refractivity contribution in [3.05, 3.63) is 68.1 Å². The van der Waals surface area contributed by atoms with Gasteiger partial charge in [-0.05, 0) is 96.9 Å². The second kappa shape index (κ2) is 23.9. The van der Waals surface area contributed by atoms with Crippen molar-refractivity contribution in [3.8, 4) is 0 Å². The van der Waals surface area contributed by atoms with Gasteiger partial charge in [0.05, 0.1) is 41.8 Å². The molecule has 2 N–H and O–H groups in total. The Bertz CT molecular complexity index is 2330. The van der Waals surface area contributed by atoms with E-state index in [-0.39, 0.29) is 36.7 Å². The normalized spacial score (nSPS) is 17.4. The lowest BCUT2D eigenvalue weighted by molar-refractivity contribution is -0.134. The number of hydrogen-bond acceptors (Lipinski definition) is 18. The highest BCUT2D eigenvalue weighted by atomic mass is 16.6. The van der Waals surface area contributed by atoms with Crippen molar-refractivity contribution in [3.63, 3.8) is 0 Å². The fraction of sp³-hybridized carbons (Fsp3) is 0.660. The van der Waals surface area contributed by atoms with E-state index in [1.807, 2.05) is 69.2 Å². The van der Waals surface area contributed by atoms with Crippen LogP contribution < -0.4 is 10.6 Å². The molecule has 21 nitrogen and oxygen atoms in total. The molecule has 71 heavy (non-hydrogen) atoms. The summed E-state index contributed by atoms with van der Waals surface area (Å²) in [4.78, 5) is 63.2. The third-order valence-electron chi connectivity index (χ3n) is 11.7. The number of fused-ring (bicyclic) bond motifs is 4. The van der Waals surface area contributed by atoms with Gasteiger partial charge in [0.25, 0.3) is 0 Å². The SMILES string of the molecule is CC(=O)C1CN(C(=O)OC(C)(C)C)CCC1=O.Cc1noc2c1CN(C(=O)OC(C)(C)C)CC2.Cc1noc2c1CNCC2.Cc1onc2c1CN(C(=O)OC(C)(C)C)CC2.Cc1onc2c1CNCC2. The molecule has 0 saturated carbocycles. The Morgan fingerprint density at radius 3 is 1.49 bits per heavy atom. The number of hydrogen-bond donors (Lipinski definition) is 2. The van der Waals surface area contributed by atoms with Gasteiger partial charge in [0.1, 0.15) is 51.4 Å². The standard InChI is InChI=1S/2C12H18N2O3.C12H19NO4.2C7H10N2O/c1-8-9-7-14(6-5-10(9)13-17-8)11(15)16-12(2,3)4;1-8-9-7-14(6-5-10(9)17-13-8)11(15)16-12(2,3)4;1-8(14)9-7-13(6-5-10(9)15)11(16)17-12(2,3)4;1-5-6-4-8-3-2-7(6)9-10-5;1-5-6-4-8-3-2-7(6)10-9-5/h2*5-7H2,1-4H3;9H,5-7H2,1-4H3;2*8H,2-4H2,1H3. The number of aromatic nitrogens is 4. The molecule has 3 amide bonds. The zero-order valence-electron chi connectivity index (χ0n) is 44.2. The third kappa shape index (κ3) is 16.5. The third-order valence-corrected chi connectivity index (χ3v) is 11.7. The number of ketones is 2. The predicted molar refractivity (Wildman–Crippen MR) is 258 cm³/mol. The predicted octanol–water partition coefficient (Wildman–Crippen LogP) is 7.21. The van der Waals surface area contributed by atoms with Crippen molar-refractivity contribution in [1.82, 2.24) is 46.0 Å². The van der Waals surface area contributed by atoms with Crippen LogP contribution in [0.15, 0.2) is 18.1 Å². The number of rotatable bonds is 1. The quantitative estimate of drug-likeness (QED) is 0.141. The van der Waals surface area contributed by atoms with Crippen LogP contribution in [0, 0.1) is 33.6 Å². The topological polar surface area (TPSA) is 251 Å². The van der Waals surface area contributed by atoms with Crippen molar-refractivity contribution in [1.29, 1.82) is 0 Å². The smallest absolute Gasteiger partial charge is 0.410 e. The maximum absolute atomic E-state index is 11.9. The lowest BCUT2D eigenvalue weighted by atomic mass is 9.93. The average molecular weight is 994 g/mol. The average Bonchev–Trinajstić information content (AvgIpc) is 4.08. The van der Waals surface area contributed by atoms with E-state index in [4.69, 9.17) is 32.3 Å². The molecule has 0 aromatic carbocycles. The number of likely N-dealkylation sites (tertiary alicyclic amines) is 1. The highest BCUT2D eigenvalue weighted by molar-refractivity contribution is 6.02. The van der Waals surface area contributed by atoms with Crippen LogP contribution >= 0.6 is 0 Å². The molecule has 1 saturated heterocycles. The minimum atomic E-state index is -0.684. The molecule has 4 aromatic heterocycles. The van der Waals surface area contributed by atoms with E-state index in [1.165, 1.54) is 23.0 Å². The Kier molecular flexibility index (Phi) is 18.8. The number of amides is 3. The molecule has 0 aliphatic carbocycles. The molecule has 1 fully saturated rings. The Morgan fingerprint density at radius 2 is 0.972 bits per heavy atom. The zero-order valence-corrected chi connectivity index (χ0v) is 44.2. The molecule has 4 aromatic rings. The Hall–Kier alpha value is -6.09. The van der Waals surface area contributed by atoms with E-state index in [0.29, 0.717) is 39.1 Å². The summed E-state index contributed by atoms with van der Waals surface area (Å²) >= 11 is 0. The summed E-state index contributed by atoms with van der Waals surface area (Å²) in [5, 5.41) is 22.2. The Balaban J connectivity index is 0.000000168. The fourth-order valence-corrected chi connectivity index (χ4v) is 7.89. The zero-order chi connectivity index (χ0) is 52.4. The van der Waals surface area contributed by atoms with Crippen LogP contribution in [0.3, 0.4) is 0 Å². The molecule has 9 heterocycles. The summed E-state index contributed by atoms with van der Waals surface area (Å²) in [6, 6.07) is 0. The molecule has 392 valence electrons. The first-order valence-corrected chi connectivity index (χ1v) is 24.3. The first kappa shape index (κ1) is 55.8. The summed E-state index contributed by atoms with van der Waals surface area (Å²) in [6.45, 7) is 32.3. The maximum atomic E-state index is 11.9. The second-order valence-electron chi connectivity index (χ2n) is 21.1. The van der Waals surface area contributed by atoms with Crippen molar-refractivity contribution in [2.75, 3.05) is 39.3 Å². The van der Waals surface area contributed by atoms with Crippen LogP contribution in [0.25, 0.3) is 0 Å². The van der Waals surface area contributed by atoms with Gasteiger partial charge in [-0.3, -0.25) is 9.59 Å². The summed E-state index contributed by atoms with van der Waals surface area (Å²) < 4.78 is 36.3. The lowest BCUT2D eigenvalue weighted by Crippen LogP contribution is -2.48. The first-order valence-electron chi connectivity index (χ1n) is 24.3. The number of nitrogens with one attached hydrogen (secondary N) is 2.